The maximum atomic E-state index is 12.5. The van der Waals surface area contributed by atoms with E-state index in [4.69, 9.17) is 11.6 Å². The van der Waals surface area contributed by atoms with Gasteiger partial charge in [-0.15, -0.1) is 10.2 Å². The maximum Gasteiger partial charge on any atom is 0.237 e. The molecule has 1 N–H and O–H groups in total. The largest absolute Gasteiger partial charge is 0.325 e. The summed E-state index contributed by atoms with van der Waals surface area (Å²) in [6, 6.07) is 10.9. The molecular weight excluding hydrogens is 382 g/mol. The lowest BCUT2D eigenvalue weighted by atomic mass is 10.2. The van der Waals surface area contributed by atoms with Gasteiger partial charge in [-0.2, -0.15) is 0 Å². The van der Waals surface area contributed by atoms with Crippen molar-refractivity contribution in [3.8, 4) is 11.4 Å². The summed E-state index contributed by atoms with van der Waals surface area (Å²) < 4.78 is 2.04. The average molecular weight is 402 g/mol. The second-order valence-electron chi connectivity index (χ2n) is 5.95. The van der Waals surface area contributed by atoms with Gasteiger partial charge in [0.15, 0.2) is 11.0 Å². The summed E-state index contributed by atoms with van der Waals surface area (Å²) in [5.41, 5.74) is 1.63. The highest BCUT2D eigenvalue weighted by Crippen LogP contribution is 2.27. The molecule has 3 aromatic rings. The van der Waals surface area contributed by atoms with Crippen molar-refractivity contribution in [2.45, 2.75) is 37.2 Å². The van der Waals surface area contributed by atoms with Gasteiger partial charge in [0.25, 0.3) is 0 Å². The average Bonchev–Trinajstić information content (AvgIpc) is 3.05. The molecule has 0 fully saturated rings. The molecule has 1 amide bonds. The van der Waals surface area contributed by atoms with Crippen LogP contribution in [0.2, 0.25) is 5.02 Å². The van der Waals surface area contributed by atoms with Crippen LogP contribution >= 0.6 is 23.4 Å². The molecule has 27 heavy (non-hydrogen) atoms. The molecule has 6 nitrogen and oxygen atoms in total. The maximum absolute atomic E-state index is 12.5. The summed E-state index contributed by atoms with van der Waals surface area (Å²) in [4.78, 5) is 16.6. The van der Waals surface area contributed by atoms with Crippen LogP contribution < -0.4 is 5.32 Å². The second-order valence-corrected chi connectivity index (χ2v) is 7.70. The molecule has 0 unspecified atom stereocenters. The first-order chi connectivity index (χ1) is 13.1. The zero-order valence-corrected chi connectivity index (χ0v) is 16.7. The molecule has 0 aliphatic heterocycles. The third kappa shape index (κ3) is 4.87. The van der Waals surface area contributed by atoms with Crippen LogP contribution in [0.1, 0.15) is 20.3 Å². The summed E-state index contributed by atoms with van der Waals surface area (Å²) in [5.74, 6) is 0.669. The van der Waals surface area contributed by atoms with E-state index in [9.17, 15) is 4.79 Å². The quantitative estimate of drug-likeness (QED) is 0.589. The molecule has 2 heterocycles. The van der Waals surface area contributed by atoms with E-state index in [1.54, 1.807) is 30.6 Å². The molecule has 140 valence electrons. The van der Waals surface area contributed by atoms with Crippen molar-refractivity contribution in [2.75, 3.05) is 5.32 Å². The van der Waals surface area contributed by atoms with Gasteiger partial charge < -0.3 is 9.88 Å². The number of hydrogen-bond donors (Lipinski definition) is 1. The van der Waals surface area contributed by atoms with Gasteiger partial charge in [-0.05, 0) is 43.7 Å². The number of thioether (sulfide) groups is 1. The third-order valence-electron chi connectivity index (χ3n) is 3.85. The van der Waals surface area contributed by atoms with Gasteiger partial charge in [0.2, 0.25) is 5.91 Å². The first-order valence-electron chi connectivity index (χ1n) is 8.65. The number of aromatic nitrogens is 4. The van der Waals surface area contributed by atoms with E-state index in [2.05, 4.69) is 27.4 Å². The topological polar surface area (TPSA) is 72.7 Å². The molecule has 1 atom stereocenters. The summed E-state index contributed by atoms with van der Waals surface area (Å²) >= 11 is 7.36. The van der Waals surface area contributed by atoms with E-state index in [-0.39, 0.29) is 11.2 Å². The lowest BCUT2D eigenvalue weighted by molar-refractivity contribution is -0.115. The zero-order valence-electron chi connectivity index (χ0n) is 15.1. The molecule has 0 saturated carbocycles. The molecule has 0 bridgehead atoms. The monoisotopic (exact) mass is 401 g/mol. The van der Waals surface area contributed by atoms with Crippen LogP contribution in [0, 0.1) is 0 Å². The first-order valence-corrected chi connectivity index (χ1v) is 9.91. The highest BCUT2D eigenvalue weighted by molar-refractivity contribution is 8.00. The lowest BCUT2D eigenvalue weighted by Crippen LogP contribution is -2.23. The minimum absolute atomic E-state index is 0.112. The van der Waals surface area contributed by atoms with E-state index < -0.39 is 0 Å². The predicted octanol–water partition coefficient (Wildman–Crippen LogP) is 4.52. The molecule has 1 aromatic carbocycles. The van der Waals surface area contributed by atoms with Crippen molar-refractivity contribution >= 4 is 35.0 Å². The van der Waals surface area contributed by atoms with Gasteiger partial charge in [-0.3, -0.25) is 9.78 Å². The number of halogens is 1. The minimum Gasteiger partial charge on any atom is -0.325 e. The molecule has 0 saturated heterocycles. The summed E-state index contributed by atoms with van der Waals surface area (Å²) in [7, 11) is 0. The Balaban J connectivity index is 1.76. The van der Waals surface area contributed by atoms with Crippen molar-refractivity contribution in [3.63, 3.8) is 0 Å². The molecule has 0 aliphatic carbocycles. The van der Waals surface area contributed by atoms with Crippen LogP contribution in [-0.2, 0) is 11.3 Å². The molecule has 8 heteroatoms. The highest BCUT2D eigenvalue weighted by atomic mass is 35.5. The normalized spacial score (nSPS) is 12.0. The number of benzene rings is 1. The zero-order chi connectivity index (χ0) is 19.2. The van der Waals surface area contributed by atoms with Crippen LogP contribution in [-0.4, -0.2) is 30.9 Å². The summed E-state index contributed by atoms with van der Waals surface area (Å²) in [6.45, 7) is 4.72. The van der Waals surface area contributed by atoms with Crippen molar-refractivity contribution in [3.05, 3.63) is 53.8 Å². The highest BCUT2D eigenvalue weighted by Gasteiger charge is 2.20. The van der Waals surface area contributed by atoms with Gasteiger partial charge in [0, 0.05) is 35.2 Å². The fourth-order valence-corrected chi connectivity index (χ4v) is 3.60. The van der Waals surface area contributed by atoms with Gasteiger partial charge in [-0.25, -0.2) is 0 Å². The van der Waals surface area contributed by atoms with E-state index in [1.165, 1.54) is 11.8 Å². The molecule has 0 radical (unpaired) electrons. The molecule has 3 rings (SSSR count). The van der Waals surface area contributed by atoms with E-state index in [1.807, 2.05) is 29.7 Å². The Morgan fingerprint density at radius 1 is 1.26 bits per heavy atom. The van der Waals surface area contributed by atoms with Crippen LogP contribution in [0.3, 0.4) is 0 Å². The van der Waals surface area contributed by atoms with Crippen molar-refractivity contribution in [1.82, 2.24) is 19.7 Å². The number of carbonyl (C=O) groups is 1. The van der Waals surface area contributed by atoms with Crippen molar-refractivity contribution in [2.24, 2.45) is 0 Å². The standard InChI is InChI=1S/C19H20ClN5OS/c1-3-11-25-17(14-7-9-21-10-8-14)23-24-19(25)27-13(2)18(26)22-16-6-4-5-15(20)12-16/h4-10,12-13H,3,11H2,1-2H3,(H,22,26)/t13-/m1/s1. The number of hydrogen-bond acceptors (Lipinski definition) is 5. The number of rotatable bonds is 7. The Morgan fingerprint density at radius 3 is 2.74 bits per heavy atom. The number of nitrogens with zero attached hydrogens (tertiary/aromatic N) is 4. The Labute approximate surface area is 167 Å². The SMILES string of the molecule is CCCn1c(S[C@H](C)C(=O)Nc2cccc(Cl)c2)nnc1-c1ccncc1. The summed E-state index contributed by atoms with van der Waals surface area (Å²) in [6.07, 6.45) is 4.40. The third-order valence-corrected chi connectivity index (χ3v) is 5.16. The van der Waals surface area contributed by atoms with E-state index >= 15 is 0 Å². The predicted molar refractivity (Wildman–Crippen MR) is 109 cm³/mol. The Hall–Kier alpha value is -2.38. The fourth-order valence-electron chi connectivity index (χ4n) is 2.54. The van der Waals surface area contributed by atoms with Crippen LogP contribution in [0.25, 0.3) is 11.4 Å². The summed E-state index contributed by atoms with van der Waals surface area (Å²) in [5, 5.41) is 12.5. The number of pyridine rings is 1. The Bertz CT molecular complexity index is 915. The van der Waals surface area contributed by atoms with E-state index in [0.29, 0.717) is 10.7 Å². The molecule has 0 aliphatic rings. The van der Waals surface area contributed by atoms with Gasteiger partial charge >= 0.3 is 0 Å². The molecule has 0 spiro atoms. The smallest absolute Gasteiger partial charge is 0.237 e. The van der Waals surface area contributed by atoms with E-state index in [0.717, 1.165) is 29.5 Å². The van der Waals surface area contributed by atoms with Gasteiger partial charge in [-0.1, -0.05) is 36.4 Å². The Morgan fingerprint density at radius 2 is 2.04 bits per heavy atom. The van der Waals surface area contributed by atoms with Crippen LogP contribution in [0.5, 0.6) is 0 Å². The number of carbonyl (C=O) groups excluding carboxylic acids is 1. The minimum atomic E-state index is -0.339. The number of anilines is 1. The van der Waals surface area contributed by atoms with Crippen LogP contribution in [0.15, 0.2) is 53.9 Å². The molecule has 2 aromatic heterocycles. The van der Waals surface area contributed by atoms with Crippen molar-refractivity contribution in [1.29, 1.82) is 0 Å². The van der Waals surface area contributed by atoms with Crippen LogP contribution in [0.4, 0.5) is 5.69 Å². The number of amides is 1. The first kappa shape index (κ1) is 19.4. The fraction of sp³-hybridized carbons (Fsp3) is 0.263. The lowest BCUT2D eigenvalue weighted by Gasteiger charge is -2.13. The van der Waals surface area contributed by atoms with Crippen molar-refractivity contribution < 1.29 is 4.79 Å². The number of nitrogens with one attached hydrogen (secondary N) is 1. The second kappa shape index (κ2) is 9.01. The van der Waals surface area contributed by atoms with Gasteiger partial charge in [0.1, 0.15) is 0 Å². The van der Waals surface area contributed by atoms with Gasteiger partial charge in [0.05, 0.1) is 5.25 Å². The Kier molecular flexibility index (Phi) is 6.47. The molecular formula is C19H20ClN5OS.